The van der Waals surface area contributed by atoms with Gasteiger partial charge in [-0.25, -0.2) is 0 Å². The van der Waals surface area contributed by atoms with Crippen LogP contribution in [0.1, 0.15) is 24.7 Å². The second kappa shape index (κ2) is 7.39. The van der Waals surface area contributed by atoms with Crippen molar-refractivity contribution in [2.45, 2.75) is 26.5 Å². The summed E-state index contributed by atoms with van der Waals surface area (Å²) in [6.45, 7) is 3.72. The average molecular weight is 291 g/mol. The van der Waals surface area contributed by atoms with Crippen LogP contribution >= 0.6 is 0 Å². The van der Waals surface area contributed by atoms with Crippen LogP contribution in [0.2, 0.25) is 0 Å². The molecule has 0 unspecified atom stereocenters. The summed E-state index contributed by atoms with van der Waals surface area (Å²) in [6, 6.07) is 6.51. The fourth-order valence-corrected chi connectivity index (χ4v) is 1.81. The molecule has 0 fully saturated rings. The summed E-state index contributed by atoms with van der Waals surface area (Å²) < 4.78 is 10.4. The van der Waals surface area contributed by atoms with Gasteiger partial charge >= 0.3 is 5.69 Å². The zero-order valence-electron chi connectivity index (χ0n) is 11.7. The highest BCUT2D eigenvalue weighted by atomic mass is 16.6. The Morgan fingerprint density at radius 1 is 1.43 bits per heavy atom. The Labute approximate surface area is 122 Å². The first-order valence-electron chi connectivity index (χ1n) is 6.71. The zero-order valence-corrected chi connectivity index (χ0v) is 11.7. The number of nitro benzene ring substituents is 1. The molecule has 0 amide bonds. The van der Waals surface area contributed by atoms with Crippen molar-refractivity contribution in [3.05, 3.63) is 51.9 Å². The molecule has 0 radical (unpaired) electrons. The van der Waals surface area contributed by atoms with E-state index >= 15 is 0 Å². The molecular formula is C14H17N3O4. The number of nitrogens with one attached hydrogen (secondary N) is 1. The third-order valence-electron chi connectivity index (χ3n) is 2.84. The van der Waals surface area contributed by atoms with Crippen molar-refractivity contribution in [3.8, 4) is 5.75 Å². The number of rotatable bonds is 8. The van der Waals surface area contributed by atoms with Crippen molar-refractivity contribution >= 4 is 5.69 Å². The van der Waals surface area contributed by atoms with Gasteiger partial charge in [0.05, 0.1) is 11.1 Å². The molecule has 2 aromatic rings. The van der Waals surface area contributed by atoms with E-state index in [1.165, 1.54) is 12.3 Å². The Balaban J connectivity index is 2.10. The zero-order chi connectivity index (χ0) is 15.1. The number of hydrogen-bond acceptors (Lipinski definition) is 6. The van der Waals surface area contributed by atoms with E-state index < -0.39 is 4.92 Å². The van der Waals surface area contributed by atoms with Crippen molar-refractivity contribution in [2.75, 3.05) is 6.54 Å². The van der Waals surface area contributed by atoms with Crippen molar-refractivity contribution in [1.29, 1.82) is 0 Å². The lowest BCUT2D eigenvalue weighted by molar-refractivity contribution is -0.386. The normalized spacial score (nSPS) is 10.5. The lowest BCUT2D eigenvalue weighted by atomic mass is 10.2. The molecule has 1 aromatic heterocycles. The standard InChI is InChI=1S/C14H17N3O4/c1-2-6-15-9-11-3-4-13(17(18)19)14(8-11)20-10-12-5-7-16-21-12/h3-5,7-8,15H,2,6,9-10H2,1H3. The first-order chi connectivity index (χ1) is 10.2. The average Bonchev–Trinajstić information content (AvgIpc) is 2.98. The number of ether oxygens (including phenoxy) is 1. The minimum atomic E-state index is -0.459. The van der Waals surface area contributed by atoms with E-state index in [9.17, 15) is 10.1 Å². The second-order valence-electron chi connectivity index (χ2n) is 4.50. The van der Waals surface area contributed by atoms with Crippen LogP contribution in [0.3, 0.4) is 0 Å². The number of benzene rings is 1. The maximum absolute atomic E-state index is 11.0. The molecule has 0 aliphatic rings. The first kappa shape index (κ1) is 15.0. The van der Waals surface area contributed by atoms with E-state index in [1.807, 2.05) is 0 Å². The highest BCUT2D eigenvalue weighted by molar-refractivity contribution is 5.48. The molecule has 7 heteroatoms. The number of nitro groups is 1. The van der Waals surface area contributed by atoms with E-state index in [-0.39, 0.29) is 18.0 Å². The number of nitrogens with zero attached hydrogens (tertiary/aromatic N) is 2. The van der Waals surface area contributed by atoms with Gasteiger partial charge in [0, 0.05) is 18.7 Å². The molecule has 0 spiro atoms. The highest BCUT2D eigenvalue weighted by Gasteiger charge is 2.16. The predicted molar refractivity (Wildman–Crippen MR) is 75.9 cm³/mol. The molecule has 0 saturated carbocycles. The lowest BCUT2D eigenvalue weighted by Gasteiger charge is -2.08. The van der Waals surface area contributed by atoms with Gasteiger partial charge in [0.1, 0.15) is 6.61 Å². The predicted octanol–water partition coefficient (Wildman–Crippen LogP) is 2.66. The Morgan fingerprint density at radius 2 is 2.29 bits per heavy atom. The van der Waals surface area contributed by atoms with Gasteiger partial charge in [-0.3, -0.25) is 10.1 Å². The largest absolute Gasteiger partial charge is 0.479 e. The molecular weight excluding hydrogens is 274 g/mol. The Morgan fingerprint density at radius 3 is 2.95 bits per heavy atom. The van der Waals surface area contributed by atoms with Crippen LogP contribution in [0.5, 0.6) is 5.75 Å². The number of aromatic nitrogens is 1. The van der Waals surface area contributed by atoms with Crippen LogP contribution in [-0.4, -0.2) is 16.6 Å². The van der Waals surface area contributed by atoms with Gasteiger partial charge in [-0.05, 0) is 24.6 Å². The Kier molecular flexibility index (Phi) is 5.28. The first-order valence-corrected chi connectivity index (χ1v) is 6.71. The minimum Gasteiger partial charge on any atom is -0.479 e. The molecule has 0 bridgehead atoms. The Hall–Kier alpha value is -2.41. The summed E-state index contributed by atoms with van der Waals surface area (Å²) in [5.41, 5.74) is 0.871. The molecule has 0 atom stereocenters. The second-order valence-corrected chi connectivity index (χ2v) is 4.50. The fraction of sp³-hybridized carbons (Fsp3) is 0.357. The van der Waals surface area contributed by atoms with Gasteiger partial charge in [-0.15, -0.1) is 0 Å². The summed E-state index contributed by atoms with van der Waals surface area (Å²) in [6.07, 6.45) is 2.53. The quantitative estimate of drug-likeness (QED) is 0.457. The van der Waals surface area contributed by atoms with Crippen molar-refractivity contribution in [2.24, 2.45) is 0 Å². The van der Waals surface area contributed by atoms with E-state index in [4.69, 9.17) is 9.26 Å². The van der Waals surface area contributed by atoms with Gasteiger partial charge in [0.25, 0.3) is 0 Å². The number of hydrogen-bond donors (Lipinski definition) is 1. The molecule has 2 rings (SSSR count). The van der Waals surface area contributed by atoms with Crippen molar-refractivity contribution in [3.63, 3.8) is 0 Å². The van der Waals surface area contributed by atoms with Crippen LogP contribution in [-0.2, 0) is 13.2 Å². The summed E-state index contributed by atoms with van der Waals surface area (Å²) in [5.74, 6) is 0.742. The maximum atomic E-state index is 11.0. The minimum absolute atomic E-state index is 0.0613. The van der Waals surface area contributed by atoms with Gasteiger partial charge in [0.2, 0.25) is 0 Å². The fourth-order valence-electron chi connectivity index (χ4n) is 1.81. The molecule has 0 aliphatic carbocycles. The van der Waals surface area contributed by atoms with Gasteiger partial charge < -0.3 is 14.6 Å². The van der Waals surface area contributed by atoms with Crippen LogP contribution < -0.4 is 10.1 Å². The summed E-state index contributed by atoms with van der Waals surface area (Å²) in [5, 5.41) is 17.8. The molecule has 1 N–H and O–H groups in total. The third kappa shape index (κ3) is 4.28. The monoisotopic (exact) mass is 291 g/mol. The van der Waals surface area contributed by atoms with E-state index in [0.29, 0.717) is 12.3 Å². The van der Waals surface area contributed by atoms with Crippen LogP contribution in [0.4, 0.5) is 5.69 Å². The van der Waals surface area contributed by atoms with Crippen LogP contribution in [0.15, 0.2) is 35.0 Å². The molecule has 21 heavy (non-hydrogen) atoms. The lowest BCUT2D eigenvalue weighted by Crippen LogP contribution is -2.13. The Bertz CT molecular complexity index is 584. The van der Waals surface area contributed by atoms with Gasteiger partial charge in [0.15, 0.2) is 11.5 Å². The third-order valence-corrected chi connectivity index (χ3v) is 2.84. The van der Waals surface area contributed by atoms with Crippen LogP contribution in [0.25, 0.3) is 0 Å². The summed E-state index contributed by atoms with van der Waals surface area (Å²) >= 11 is 0. The maximum Gasteiger partial charge on any atom is 0.310 e. The van der Waals surface area contributed by atoms with E-state index in [2.05, 4.69) is 17.4 Å². The van der Waals surface area contributed by atoms with Crippen molar-refractivity contribution in [1.82, 2.24) is 10.5 Å². The molecule has 112 valence electrons. The molecule has 1 aromatic carbocycles. The molecule has 1 heterocycles. The highest BCUT2D eigenvalue weighted by Crippen LogP contribution is 2.28. The van der Waals surface area contributed by atoms with E-state index in [1.54, 1.807) is 18.2 Å². The SMILES string of the molecule is CCCNCc1ccc([N+](=O)[O-])c(OCc2ccno2)c1. The van der Waals surface area contributed by atoms with Gasteiger partial charge in [-0.1, -0.05) is 18.1 Å². The van der Waals surface area contributed by atoms with Gasteiger partial charge in [-0.2, -0.15) is 0 Å². The van der Waals surface area contributed by atoms with Crippen LogP contribution in [0, 0.1) is 10.1 Å². The summed E-state index contributed by atoms with van der Waals surface area (Å²) in [4.78, 5) is 10.6. The smallest absolute Gasteiger partial charge is 0.310 e. The topological polar surface area (TPSA) is 90.4 Å². The molecule has 7 nitrogen and oxygen atoms in total. The molecule has 0 aliphatic heterocycles. The summed E-state index contributed by atoms with van der Waals surface area (Å²) in [7, 11) is 0. The van der Waals surface area contributed by atoms with E-state index in [0.717, 1.165) is 18.5 Å². The molecule has 0 saturated heterocycles. The van der Waals surface area contributed by atoms with Crippen molar-refractivity contribution < 1.29 is 14.2 Å².